The molecule has 1 amide bonds. The molecular formula is C36H46N4O5S. The Bertz CT molecular complexity index is 1670. The molecule has 3 aliphatic rings. The van der Waals surface area contributed by atoms with Crippen molar-refractivity contribution in [3.8, 4) is 17.1 Å². The number of nitrogens with one attached hydrogen (secondary N) is 1. The van der Waals surface area contributed by atoms with Crippen molar-refractivity contribution in [1.29, 1.82) is 0 Å². The van der Waals surface area contributed by atoms with Crippen LogP contribution < -0.4 is 9.46 Å². The first-order valence-corrected chi connectivity index (χ1v) is 17.9. The summed E-state index contributed by atoms with van der Waals surface area (Å²) in [7, 11) is -2.41. The second kappa shape index (κ2) is 13.0. The van der Waals surface area contributed by atoms with E-state index in [1.54, 1.807) is 13.2 Å². The van der Waals surface area contributed by atoms with Crippen molar-refractivity contribution in [2.75, 3.05) is 38.1 Å². The Hall–Kier alpha value is -3.50. The van der Waals surface area contributed by atoms with Crippen LogP contribution >= 0.6 is 0 Å². The lowest BCUT2D eigenvalue weighted by Crippen LogP contribution is -2.51. The topological polar surface area (TPSA) is 111 Å². The molecule has 2 atom stereocenters. The third kappa shape index (κ3) is 6.65. The summed E-state index contributed by atoms with van der Waals surface area (Å²) in [4.78, 5) is 23.8. The zero-order valence-corrected chi connectivity index (χ0v) is 28.4. The molecule has 1 spiro atoms. The lowest BCUT2D eigenvalue weighted by molar-refractivity contribution is -0.139. The number of anilines is 1. The molecule has 1 saturated heterocycles. The van der Waals surface area contributed by atoms with Crippen LogP contribution in [0.4, 0.5) is 5.95 Å². The van der Waals surface area contributed by atoms with Gasteiger partial charge in [-0.15, -0.1) is 0 Å². The summed E-state index contributed by atoms with van der Waals surface area (Å²) in [6.45, 7) is 10.6. The van der Waals surface area contributed by atoms with Crippen molar-refractivity contribution in [3.63, 3.8) is 0 Å². The summed E-state index contributed by atoms with van der Waals surface area (Å²) < 4.78 is 41.8. The highest BCUT2D eigenvalue weighted by Crippen LogP contribution is 2.59. The quantitative estimate of drug-likeness (QED) is 0.332. The maximum absolute atomic E-state index is 13.8. The number of aryl methyl sites for hydroxylation is 2. The van der Waals surface area contributed by atoms with E-state index in [0.29, 0.717) is 30.0 Å². The van der Waals surface area contributed by atoms with E-state index < -0.39 is 10.0 Å². The minimum absolute atomic E-state index is 0.00523. The normalized spacial score (nSPS) is 22.3. The Balaban J connectivity index is 1.35. The molecular weight excluding hydrogens is 600 g/mol. The van der Waals surface area contributed by atoms with Crippen molar-refractivity contribution in [2.24, 2.45) is 23.2 Å². The van der Waals surface area contributed by atoms with Gasteiger partial charge in [-0.2, -0.15) is 4.98 Å². The lowest BCUT2D eigenvalue weighted by Gasteiger charge is -2.55. The number of sulfonamides is 1. The third-order valence-corrected chi connectivity index (χ3v) is 11.6. The van der Waals surface area contributed by atoms with Crippen LogP contribution in [0.1, 0.15) is 68.6 Å². The van der Waals surface area contributed by atoms with Gasteiger partial charge in [-0.1, -0.05) is 44.2 Å². The maximum Gasteiger partial charge on any atom is 0.264 e. The van der Waals surface area contributed by atoms with Gasteiger partial charge in [0, 0.05) is 37.7 Å². The Morgan fingerprint density at radius 2 is 1.76 bits per heavy atom. The fraction of sp³-hybridized carbons (Fsp3) is 0.528. The second-order valence-corrected chi connectivity index (χ2v) is 15.8. The van der Waals surface area contributed by atoms with Gasteiger partial charge in [0.2, 0.25) is 17.7 Å². The van der Waals surface area contributed by atoms with E-state index in [9.17, 15) is 13.2 Å². The molecule has 10 heteroatoms. The van der Waals surface area contributed by atoms with Crippen LogP contribution in [-0.2, 0) is 19.6 Å². The number of benzene rings is 2. The number of rotatable bonds is 6. The Labute approximate surface area is 273 Å². The first-order valence-electron chi connectivity index (χ1n) is 16.4. The van der Waals surface area contributed by atoms with Gasteiger partial charge in [0.1, 0.15) is 6.61 Å². The molecule has 2 fully saturated rings. The number of fused-ring (bicyclic) bond motifs is 4. The van der Waals surface area contributed by atoms with Crippen LogP contribution in [0.2, 0.25) is 0 Å². The van der Waals surface area contributed by atoms with E-state index in [4.69, 9.17) is 9.47 Å². The summed E-state index contributed by atoms with van der Waals surface area (Å²) in [6, 6.07) is 15.3. The molecule has 46 heavy (non-hydrogen) atoms. The summed E-state index contributed by atoms with van der Waals surface area (Å²) in [5.41, 5.74) is 4.89. The highest BCUT2D eigenvalue weighted by molar-refractivity contribution is 7.92. The van der Waals surface area contributed by atoms with Gasteiger partial charge in [-0.25, -0.2) is 18.1 Å². The van der Waals surface area contributed by atoms with Crippen molar-refractivity contribution in [1.82, 2.24) is 14.9 Å². The maximum atomic E-state index is 13.8. The predicted octanol–water partition coefficient (Wildman–Crippen LogP) is 6.36. The van der Waals surface area contributed by atoms with E-state index in [1.807, 2.05) is 55.1 Å². The molecule has 2 aromatic carbocycles. The molecule has 1 unspecified atom stereocenters. The average Bonchev–Trinajstić information content (AvgIpc) is 2.99. The van der Waals surface area contributed by atoms with Gasteiger partial charge in [0.15, 0.2) is 0 Å². The van der Waals surface area contributed by atoms with Crippen molar-refractivity contribution in [3.05, 3.63) is 65.2 Å². The fourth-order valence-electron chi connectivity index (χ4n) is 8.16. The molecule has 1 aliphatic carbocycles. The standard InChI is InChI=1S/C36H46N4O5S/c1-23(2)16-27-21-45-31-18-30(33-24(3)8-6-9-25(33)4)37-35(38-31)39-46(42,43)29-11-7-10-26(17-29)34(27)28-19-36(20-28)12-14-40(15-13-36)32(41)22-44-5/h6-11,17-18,23,27-28,34H,12-16,19-22H2,1-5H3,(H,37,38,39)/t27-,34?/m1/s1. The number of carbonyl (C=O) groups is 1. The second-order valence-electron chi connectivity index (χ2n) is 14.1. The van der Waals surface area contributed by atoms with Crippen molar-refractivity contribution < 1.29 is 22.7 Å². The largest absolute Gasteiger partial charge is 0.477 e. The molecule has 246 valence electrons. The number of piperidine rings is 1. The van der Waals surface area contributed by atoms with Gasteiger partial charge in [-0.3, -0.25) is 4.79 Å². The number of nitrogens with zero attached hydrogens (tertiary/aromatic N) is 3. The molecule has 1 saturated carbocycles. The van der Waals surface area contributed by atoms with E-state index in [0.717, 1.165) is 67.4 Å². The number of carbonyl (C=O) groups excluding carboxylic acids is 1. The monoisotopic (exact) mass is 646 g/mol. The summed E-state index contributed by atoms with van der Waals surface area (Å²) >= 11 is 0. The number of methoxy groups -OCH3 is 1. The Morgan fingerprint density at radius 3 is 2.43 bits per heavy atom. The molecule has 3 aromatic rings. The van der Waals surface area contributed by atoms with Gasteiger partial charge in [-0.05, 0) is 97.9 Å². The van der Waals surface area contributed by atoms with Gasteiger partial charge < -0.3 is 14.4 Å². The Morgan fingerprint density at radius 1 is 1.07 bits per heavy atom. The highest BCUT2D eigenvalue weighted by Gasteiger charge is 2.50. The van der Waals surface area contributed by atoms with Crippen LogP contribution in [0.25, 0.3) is 11.3 Å². The first kappa shape index (κ1) is 32.4. The number of ether oxygens (including phenoxy) is 2. The minimum Gasteiger partial charge on any atom is -0.477 e. The molecule has 1 N–H and O–H groups in total. The van der Waals surface area contributed by atoms with Crippen LogP contribution in [0.3, 0.4) is 0 Å². The smallest absolute Gasteiger partial charge is 0.264 e. The van der Waals surface area contributed by atoms with Crippen molar-refractivity contribution in [2.45, 2.75) is 70.6 Å². The molecule has 2 aliphatic heterocycles. The van der Waals surface area contributed by atoms with Crippen LogP contribution in [0.15, 0.2) is 53.4 Å². The average molecular weight is 647 g/mol. The Kier molecular flexibility index (Phi) is 9.13. The zero-order chi connectivity index (χ0) is 32.6. The molecule has 6 rings (SSSR count). The fourth-order valence-corrected chi connectivity index (χ4v) is 9.16. The number of aromatic nitrogens is 2. The van der Waals surface area contributed by atoms with Gasteiger partial charge in [0.05, 0.1) is 17.2 Å². The third-order valence-electron chi connectivity index (χ3n) is 10.3. The highest BCUT2D eigenvalue weighted by atomic mass is 32.2. The minimum atomic E-state index is -3.97. The van der Waals surface area contributed by atoms with Crippen LogP contribution in [-0.4, -0.2) is 62.6 Å². The molecule has 1 aromatic heterocycles. The lowest BCUT2D eigenvalue weighted by atomic mass is 9.52. The van der Waals surface area contributed by atoms with Gasteiger partial charge in [0.25, 0.3) is 10.0 Å². The number of amides is 1. The molecule has 9 nitrogen and oxygen atoms in total. The summed E-state index contributed by atoms with van der Waals surface area (Å²) in [6.07, 6.45) is 5.02. The SMILES string of the molecule is COCC(=O)N1CCC2(CC1)CC(C1c3cccc(c3)S(=O)(=O)Nc3nc(cc(-c4c(C)cccc4C)n3)OC[C@H]1CC(C)C)C2. The van der Waals surface area contributed by atoms with E-state index in [2.05, 4.69) is 34.6 Å². The molecule has 0 radical (unpaired) electrons. The number of likely N-dealkylation sites (tertiary alicyclic amines) is 1. The molecule has 3 heterocycles. The zero-order valence-electron chi connectivity index (χ0n) is 27.6. The van der Waals surface area contributed by atoms with E-state index >= 15 is 0 Å². The van der Waals surface area contributed by atoms with Crippen molar-refractivity contribution >= 4 is 21.9 Å². The summed E-state index contributed by atoms with van der Waals surface area (Å²) in [5, 5.41) is 0. The van der Waals surface area contributed by atoms with Crippen LogP contribution in [0.5, 0.6) is 5.88 Å². The van der Waals surface area contributed by atoms with Gasteiger partial charge >= 0.3 is 0 Å². The predicted molar refractivity (Wildman–Crippen MR) is 178 cm³/mol. The number of hydrogen-bond acceptors (Lipinski definition) is 7. The number of hydrogen-bond donors (Lipinski definition) is 1. The summed E-state index contributed by atoms with van der Waals surface area (Å²) in [5.74, 6) is 1.49. The van der Waals surface area contributed by atoms with Crippen LogP contribution in [0, 0.1) is 37.0 Å². The van der Waals surface area contributed by atoms with E-state index in [1.165, 1.54) is 0 Å². The first-order chi connectivity index (χ1) is 22.0. The molecule has 4 bridgehead atoms. The van der Waals surface area contributed by atoms with E-state index in [-0.39, 0.29) is 40.6 Å².